The molecule has 0 fully saturated rings. The van der Waals surface area contributed by atoms with Crippen LogP contribution in [0.15, 0.2) is 40.3 Å². The lowest BCUT2D eigenvalue weighted by Gasteiger charge is -1.96. The molecule has 2 rings (SSSR count). The van der Waals surface area contributed by atoms with E-state index < -0.39 is 5.97 Å². The molecule has 0 radical (unpaired) electrons. The lowest BCUT2D eigenvalue weighted by molar-refractivity contribution is -0.133. The second-order valence-corrected chi connectivity index (χ2v) is 2.73. The van der Waals surface area contributed by atoms with E-state index in [2.05, 4.69) is 15.8 Å². The molecule has 70 valence electrons. The minimum atomic E-state index is -1.05. The van der Waals surface area contributed by atoms with Gasteiger partial charge in [0, 0.05) is 5.56 Å². The van der Waals surface area contributed by atoms with E-state index in [0.717, 1.165) is 5.56 Å². The van der Waals surface area contributed by atoms with Crippen molar-refractivity contribution in [3.8, 4) is 0 Å². The number of nitrogens with one attached hydrogen (secondary N) is 1. The highest BCUT2D eigenvalue weighted by Gasteiger charge is 2.10. The van der Waals surface area contributed by atoms with Crippen molar-refractivity contribution in [3.63, 3.8) is 0 Å². The molecule has 5 nitrogen and oxygen atoms in total. The number of fused-ring (bicyclic) bond motifs is 1. The molecule has 5 heteroatoms. The van der Waals surface area contributed by atoms with Crippen molar-refractivity contribution >= 4 is 17.7 Å². The van der Waals surface area contributed by atoms with Crippen LogP contribution in [-0.2, 0) is 4.79 Å². The molecule has 0 spiro atoms. The first-order valence-corrected chi connectivity index (χ1v) is 3.98. The molecule has 0 aromatic heterocycles. The highest BCUT2D eigenvalue weighted by atomic mass is 16.4. The Kier molecular flexibility index (Phi) is 1.98. The average Bonchev–Trinajstić information content (AvgIpc) is 2.39. The van der Waals surface area contributed by atoms with E-state index in [-0.39, 0.29) is 5.70 Å². The molecule has 0 amide bonds. The highest BCUT2D eigenvalue weighted by molar-refractivity contribution is 5.92. The minimum Gasteiger partial charge on any atom is -0.477 e. The van der Waals surface area contributed by atoms with Gasteiger partial charge in [-0.1, -0.05) is 23.4 Å². The summed E-state index contributed by atoms with van der Waals surface area (Å²) in [4.78, 5) is 10.7. The third-order valence-corrected chi connectivity index (χ3v) is 1.80. The minimum absolute atomic E-state index is 0.0127. The van der Waals surface area contributed by atoms with Gasteiger partial charge in [-0.2, -0.15) is 0 Å². The molecule has 1 aliphatic heterocycles. The number of aliphatic carboxylic acids is 1. The van der Waals surface area contributed by atoms with Crippen molar-refractivity contribution in [1.82, 2.24) is 5.43 Å². The van der Waals surface area contributed by atoms with Crippen molar-refractivity contribution < 1.29 is 9.90 Å². The summed E-state index contributed by atoms with van der Waals surface area (Å²) in [6.45, 7) is 0. The molecule has 0 atom stereocenters. The van der Waals surface area contributed by atoms with E-state index in [9.17, 15) is 4.79 Å². The van der Waals surface area contributed by atoms with Crippen molar-refractivity contribution in [2.75, 3.05) is 0 Å². The first-order valence-electron chi connectivity index (χ1n) is 3.98. The molecule has 1 aliphatic rings. The Balaban J connectivity index is 2.52. The van der Waals surface area contributed by atoms with Crippen molar-refractivity contribution in [2.45, 2.75) is 0 Å². The fourth-order valence-electron chi connectivity index (χ4n) is 1.13. The number of benzene rings is 1. The van der Waals surface area contributed by atoms with Gasteiger partial charge in [-0.05, 0) is 12.1 Å². The van der Waals surface area contributed by atoms with Gasteiger partial charge in [0.15, 0.2) is 0 Å². The molecule has 0 saturated heterocycles. The zero-order valence-corrected chi connectivity index (χ0v) is 7.14. The maximum Gasteiger partial charge on any atom is 0.353 e. The molecule has 1 heterocycles. The highest BCUT2D eigenvalue weighted by Crippen LogP contribution is 2.23. The summed E-state index contributed by atoms with van der Waals surface area (Å²) >= 11 is 0. The van der Waals surface area contributed by atoms with Gasteiger partial charge in [0.05, 0.1) is 5.69 Å². The number of hydrogen-bond donors (Lipinski definition) is 2. The number of hydrogen-bond acceptors (Lipinski definition) is 4. The summed E-state index contributed by atoms with van der Waals surface area (Å²) in [7, 11) is 0. The Morgan fingerprint density at radius 1 is 1.36 bits per heavy atom. The fraction of sp³-hybridized carbons (Fsp3) is 0. The molecule has 14 heavy (non-hydrogen) atoms. The van der Waals surface area contributed by atoms with Crippen LogP contribution in [0.5, 0.6) is 0 Å². The Labute approximate surface area is 79.8 Å². The van der Waals surface area contributed by atoms with E-state index in [4.69, 9.17) is 5.11 Å². The molecule has 0 saturated carbocycles. The van der Waals surface area contributed by atoms with Gasteiger partial charge in [0.2, 0.25) is 0 Å². The number of nitrogens with zero attached hydrogens (tertiary/aromatic N) is 2. The van der Waals surface area contributed by atoms with Crippen LogP contribution in [0.4, 0.5) is 5.69 Å². The van der Waals surface area contributed by atoms with Crippen LogP contribution >= 0.6 is 0 Å². The summed E-state index contributed by atoms with van der Waals surface area (Å²) in [5.74, 6) is -1.05. The predicted octanol–water partition coefficient (Wildman–Crippen LogP) is 1.71. The maximum absolute atomic E-state index is 10.7. The Morgan fingerprint density at radius 3 is 2.93 bits per heavy atom. The van der Waals surface area contributed by atoms with Gasteiger partial charge in [0.25, 0.3) is 0 Å². The normalized spacial score (nSPS) is 13.6. The fourth-order valence-corrected chi connectivity index (χ4v) is 1.13. The Hall–Kier alpha value is -2.17. The number of carboxylic acid groups (broad SMARTS) is 1. The lowest BCUT2D eigenvalue weighted by atomic mass is 10.1. The second-order valence-electron chi connectivity index (χ2n) is 2.73. The lowest BCUT2D eigenvalue weighted by Crippen LogP contribution is -2.13. The van der Waals surface area contributed by atoms with Crippen LogP contribution in [0, 0.1) is 0 Å². The molecule has 0 bridgehead atoms. The number of carbonyl (C=O) groups is 1. The van der Waals surface area contributed by atoms with Crippen molar-refractivity contribution in [1.29, 1.82) is 0 Å². The molecule has 2 N–H and O–H groups in total. The SMILES string of the molecule is O=C(O)C1=Cc2ccccc2N=NN1. The van der Waals surface area contributed by atoms with Gasteiger partial charge in [0.1, 0.15) is 5.70 Å². The van der Waals surface area contributed by atoms with E-state index >= 15 is 0 Å². The standard InChI is InChI=1S/C9H7N3O2/c13-9(14)8-5-6-3-1-2-4-7(6)10-12-11-8/h1-5H,(H,10,11)(H,13,14). The van der Waals surface area contributed by atoms with Crippen LogP contribution in [0.1, 0.15) is 5.56 Å². The van der Waals surface area contributed by atoms with Gasteiger partial charge >= 0.3 is 5.97 Å². The van der Waals surface area contributed by atoms with Gasteiger partial charge < -0.3 is 5.11 Å². The van der Waals surface area contributed by atoms with Crippen LogP contribution in [0.2, 0.25) is 0 Å². The molecular formula is C9H7N3O2. The molecular weight excluding hydrogens is 182 g/mol. The Morgan fingerprint density at radius 2 is 2.14 bits per heavy atom. The zero-order valence-electron chi connectivity index (χ0n) is 7.14. The zero-order chi connectivity index (χ0) is 9.97. The van der Waals surface area contributed by atoms with Gasteiger partial charge in [-0.3, -0.25) is 5.43 Å². The Bertz CT molecular complexity index is 437. The predicted molar refractivity (Wildman–Crippen MR) is 49.7 cm³/mol. The quantitative estimate of drug-likeness (QED) is 0.706. The topological polar surface area (TPSA) is 74.0 Å². The largest absolute Gasteiger partial charge is 0.477 e. The van der Waals surface area contributed by atoms with E-state index in [0.29, 0.717) is 5.69 Å². The van der Waals surface area contributed by atoms with Crippen LogP contribution in [-0.4, -0.2) is 11.1 Å². The third kappa shape index (κ3) is 1.47. The van der Waals surface area contributed by atoms with E-state index in [1.54, 1.807) is 12.1 Å². The second kappa shape index (κ2) is 3.29. The van der Waals surface area contributed by atoms with E-state index in [1.165, 1.54) is 6.08 Å². The third-order valence-electron chi connectivity index (χ3n) is 1.80. The number of rotatable bonds is 1. The monoisotopic (exact) mass is 189 g/mol. The van der Waals surface area contributed by atoms with Crippen LogP contribution in [0.3, 0.4) is 0 Å². The van der Waals surface area contributed by atoms with Crippen molar-refractivity contribution in [3.05, 3.63) is 35.5 Å². The van der Waals surface area contributed by atoms with Gasteiger partial charge in [-0.15, -0.1) is 5.11 Å². The summed E-state index contributed by atoms with van der Waals surface area (Å²) < 4.78 is 0. The summed E-state index contributed by atoms with van der Waals surface area (Å²) in [5, 5.41) is 16.1. The summed E-state index contributed by atoms with van der Waals surface area (Å²) in [6, 6.07) is 7.18. The van der Waals surface area contributed by atoms with Gasteiger partial charge in [-0.25, -0.2) is 4.79 Å². The summed E-state index contributed by atoms with van der Waals surface area (Å²) in [6.07, 6.45) is 1.50. The van der Waals surface area contributed by atoms with Crippen LogP contribution < -0.4 is 5.43 Å². The molecule has 1 aromatic carbocycles. The summed E-state index contributed by atoms with van der Waals surface area (Å²) in [5.41, 5.74) is 3.74. The molecule has 1 aromatic rings. The number of carboxylic acids is 1. The van der Waals surface area contributed by atoms with E-state index in [1.807, 2.05) is 12.1 Å². The van der Waals surface area contributed by atoms with Crippen molar-refractivity contribution in [2.24, 2.45) is 10.3 Å². The first kappa shape index (κ1) is 8.43. The smallest absolute Gasteiger partial charge is 0.353 e. The maximum atomic E-state index is 10.7. The average molecular weight is 189 g/mol. The van der Waals surface area contributed by atoms with Crippen LogP contribution in [0.25, 0.3) is 6.08 Å². The first-order chi connectivity index (χ1) is 6.77. The molecule has 0 unspecified atom stereocenters. The molecule has 0 aliphatic carbocycles.